The maximum atomic E-state index is 13.0. The lowest BCUT2D eigenvalue weighted by molar-refractivity contribution is 0.0229. The van der Waals surface area contributed by atoms with Crippen LogP contribution in [0, 0.1) is 11.8 Å². The van der Waals surface area contributed by atoms with E-state index in [0.29, 0.717) is 25.0 Å². The Kier molecular flexibility index (Phi) is 16.0. The molecule has 0 aliphatic heterocycles. The maximum Gasteiger partial charge on any atom is 0.474 e. The molecular weight excluding hydrogens is 355 g/mol. The molecule has 0 saturated heterocycles. The SMILES string of the molecule is CCCCC(CC)COP(=O)(OCC(O)CO)OCC(CC)CCCC. The van der Waals surface area contributed by atoms with Gasteiger partial charge in [-0.2, -0.15) is 0 Å². The Morgan fingerprint density at radius 1 is 0.808 bits per heavy atom. The third-order valence-corrected chi connectivity index (χ3v) is 6.05. The van der Waals surface area contributed by atoms with Crippen LogP contribution >= 0.6 is 7.82 Å². The summed E-state index contributed by atoms with van der Waals surface area (Å²) in [6.45, 7) is 8.36. The molecule has 0 rings (SSSR count). The molecule has 0 aromatic rings. The molecule has 0 aliphatic rings. The Labute approximate surface area is 160 Å². The van der Waals surface area contributed by atoms with E-state index in [9.17, 15) is 9.67 Å². The van der Waals surface area contributed by atoms with Crippen LogP contribution in [0.15, 0.2) is 0 Å². The quantitative estimate of drug-likeness (QED) is 0.320. The number of unbranched alkanes of at least 4 members (excludes halogenated alkanes) is 2. The van der Waals surface area contributed by atoms with Gasteiger partial charge in [-0.1, -0.05) is 66.2 Å². The molecule has 0 aliphatic carbocycles. The van der Waals surface area contributed by atoms with Crippen molar-refractivity contribution >= 4 is 7.82 Å². The Morgan fingerprint density at radius 2 is 1.23 bits per heavy atom. The van der Waals surface area contributed by atoms with Crippen molar-refractivity contribution in [2.75, 3.05) is 26.4 Å². The fourth-order valence-electron chi connectivity index (χ4n) is 2.53. The van der Waals surface area contributed by atoms with E-state index in [1.807, 2.05) is 0 Å². The molecule has 0 amide bonds. The zero-order valence-corrected chi connectivity index (χ0v) is 18.1. The maximum absolute atomic E-state index is 13.0. The number of aliphatic hydroxyl groups is 2. The van der Waals surface area contributed by atoms with E-state index >= 15 is 0 Å². The van der Waals surface area contributed by atoms with Crippen molar-refractivity contribution in [3.05, 3.63) is 0 Å². The average molecular weight is 397 g/mol. The number of phosphoric ester groups is 1. The summed E-state index contributed by atoms with van der Waals surface area (Å²) in [5.74, 6) is 0.612. The lowest BCUT2D eigenvalue weighted by atomic mass is 10.0. The first-order valence-electron chi connectivity index (χ1n) is 10.3. The van der Waals surface area contributed by atoms with Crippen LogP contribution in [0.4, 0.5) is 0 Å². The summed E-state index contributed by atoms with van der Waals surface area (Å²) in [5, 5.41) is 18.4. The molecule has 7 heteroatoms. The standard InChI is InChI=1S/C19H41O6P/c1-5-9-11-17(7-3)14-23-26(22,25-16-19(21)13-20)24-15-18(8-4)12-10-6-2/h17-21H,5-16H2,1-4H3. The van der Waals surface area contributed by atoms with Crippen molar-refractivity contribution in [3.63, 3.8) is 0 Å². The van der Waals surface area contributed by atoms with Crippen LogP contribution in [-0.4, -0.2) is 42.7 Å². The summed E-state index contributed by atoms with van der Waals surface area (Å²) < 4.78 is 29.4. The summed E-state index contributed by atoms with van der Waals surface area (Å²) in [7, 11) is -3.76. The molecule has 0 aromatic carbocycles. The van der Waals surface area contributed by atoms with Gasteiger partial charge in [0.2, 0.25) is 0 Å². The van der Waals surface area contributed by atoms with Gasteiger partial charge in [0, 0.05) is 0 Å². The number of rotatable bonds is 18. The van der Waals surface area contributed by atoms with Crippen LogP contribution in [-0.2, 0) is 18.1 Å². The number of phosphoric acid groups is 1. The highest BCUT2D eigenvalue weighted by molar-refractivity contribution is 7.48. The Hall–Kier alpha value is 0.0300. The van der Waals surface area contributed by atoms with Gasteiger partial charge in [-0.25, -0.2) is 4.57 Å². The van der Waals surface area contributed by atoms with Crippen LogP contribution < -0.4 is 0 Å². The summed E-state index contributed by atoms with van der Waals surface area (Å²) in [4.78, 5) is 0. The number of hydrogen-bond donors (Lipinski definition) is 2. The lowest BCUT2D eigenvalue weighted by Gasteiger charge is -2.24. The van der Waals surface area contributed by atoms with Crippen LogP contribution in [0.1, 0.15) is 79.1 Å². The molecule has 2 N–H and O–H groups in total. The molecule has 0 aromatic heterocycles. The zero-order valence-electron chi connectivity index (χ0n) is 17.2. The topological polar surface area (TPSA) is 85.2 Å². The molecular formula is C19H41O6P. The number of hydrogen-bond acceptors (Lipinski definition) is 6. The van der Waals surface area contributed by atoms with Crippen molar-refractivity contribution in [2.24, 2.45) is 11.8 Å². The van der Waals surface area contributed by atoms with Crippen LogP contribution in [0.2, 0.25) is 0 Å². The third kappa shape index (κ3) is 12.4. The van der Waals surface area contributed by atoms with Gasteiger partial charge in [-0.15, -0.1) is 0 Å². The summed E-state index contributed by atoms with van der Waals surface area (Å²) >= 11 is 0. The van der Waals surface area contributed by atoms with Gasteiger partial charge in [-0.05, 0) is 24.7 Å². The largest absolute Gasteiger partial charge is 0.474 e. The minimum atomic E-state index is -3.76. The highest BCUT2D eigenvalue weighted by Crippen LogP contribution is 2.50. The summed E-state index contributed by atoms with van der Waals surface area (Å²) in [6.07, 6.45) is 7.23. The van der Waals surface area contributed by atoms with E-state index in [1.165, 1.54) is 0 Å². The van der Waals surface area contributed by atoms with Crippen molar-refractivity contribution in [2.45, 2.75) is 85.2 Å². The fourth-order valence-corrected chi connectivity index (χ4v) is 3.90. The second-order valence-electron chi connectivity index (χ2n) is 7.00. The molecule has 0 heterocycles. The minimum absolute atomic E-state index is 0.273. The molecule has 3 atom stereocenters. The predicted molar refractivity (Wildman–Crippen MR) is 105 cm³/mol. The van der Waals surface area contributed by atoms with Gasteiger partial charge in [-0.3, -0.25) is 13.6 Å². The Bertz CT molecular complexity index is 342. The fraction of sp³-hybridized carbons (Fsp3) is 1.00. The highest BCUT2D eigenvalue weighted by Gasteiger charge is 2.30. The molecule has 6 nitrogen and oxygen atoms in total. The van der Waals surface area contributed by atoms with Crippen LogP contribution in [0.25, 0.3) is 0 Å². The van der Waals surface area contributed by atoms with E-state index in [-0.39, 0.29) is 6.61 Å². The zero-order chi connectivity index (χ0) is 19.8. The van der Waals surface area contributed by atoms with Crippen LogP contribution in [0.5, 0.6) is 0 Å². The molecule has 0 saturated carbocycles. The van der Waals surface area contributed by atoms with Crippen molar-refractivity contribution in [3.8, 4) is 0 Å². The second kappa shape index (κ2) is 16.0. The van der Waals surface area contributed by atoms with Gasteiger partial charge in [0.05, 0.1) is 26.4 Å². The van der Waals surface area contributed by atoms with Crippen molar-refractivity contribution in [1.29, 1.82) is 0 Å². The van der Waals surface area contributed by atoms with E-state index in [4.69, 9.17) is 18.7 Å². The molecule has 0 radical (unpaired) electrons. The average Bonchev–Trinajstić information content (AvgIpc) is 2.66. The van der Waals surface area contributed by atoms with Gasteiger partial charge >= 0.3 is 7.82 Å². The van der Waals surface area contributed by atoms with Gasteiger partial charge < -0.3 is 10.2 Å². The van der Waals surface area contributed by atoms with Gasteiger partial charge in [0.25, 0.3) is 0 Å². The molecule has 0 bridgehead atoms. The Balaban J connectivity index is 4.73. The normalized spacial score (nSPS) is 17.6. The lowest BCUT2D eigenvalue weighted by Crippen LogP contribution is -2.20. The molecule has 0 spiro atoms. The molecule has 26 heavy (non-hydrogen) atoms. The number of aliphatic hydroxyl groups excluding tert-OH is 2. The van der Waals surface area contributed by atoms with Gasteiger partial charge in [0.1, 0.15) is 6.10 Å². The van der Waals surface area contributed by atoms with Crippen LogP contribution in [0.3, 0.4) is 0 Å². The highest BCUT2D eigenvalue weighted by atomic mass is 31.2. The minimum Gasteiger partial charge on any atom is -0.394 e. The van der Waals surface area contributed by atoms with Crippen molar-refractivity contribution in [1.82, 2.24) is 0 Å². The second-order valence-corrected chi connectivity index (χ2v) is 8.67. The molecule has 3 unspecified atom stereocenters. The van der Waals surface area contributed by atoms with Crippen molar-refractivity contribution < 1.29 is 28.3 Å². The summed E-state index contributed by atoms with van der Waals surface area (Å²) in [5.41, 5.74) is 0. The van der Waals surface area contributed by atoms with E-state index < -0.39 is 20.5 Å². The monoisotopic (exact) mass is 396 g/mol. The van der Waals surface area contributed by atoms with E-state index in [2.05, 4.69) is 27.7 Å². The van der Waals surface area contributed by atoms with E-state index in [1.54, 1.807) is 0 Å². The predicted octanol–water partition coefficient (Wildman–Crippen LogP) is 4.93. The smallest absolute Gasteiger partial charge is 0.394 e. The van der Waals surface area contributed by atoms with Gasteiger partial charge in [0.15, 0.2) is 0 Å². The first-order valence-corrected chi connectivity index (χ1v) is 11.7. The first-order chi connectivity index (χ1) is 12.4. The summed E-state index contributed by atoms with van der Waals surface area (Å²) in [6, 6.07) is 0. The molecule has 0 fully saturated rings. The Morgan fingerprint density at radius 3 is 1.58 bits per heavy atom. The van der Waals surface area contributed by atoms with E-state index in [0.717, 1.165) is 51.4 Å². The first kappa shape index (κ1) is 26.0. The molecule has 158 valence electrons. The third-order valence-electron chi connectivity index (χ3n) is 4.66.